The van der Waals surface area contributed by atoms with Crippen molar-refractivity contribution in [2.75, 3.05) is 89.1 Å². The van der Waals surface area contributed by atoms with Gasteiger partial charge in [-0.1, -0.05) is 18.1 Å². The maximum Gasteiger partial charge on any atom is 0.328 e. The zero-order valence-corrected chi connectivity index (χ0v) is 41.1. The zero-order valence-electron chi connectivity index (χ0n) is 41.1. The molecule has 72 heavy (non-hydrogen) atoms. The summed E-state index contributed by atoms with van der Waals surface area (Å²) < 4.78 is 35.2. The molecular formula is C55H63FN8O8. The van der Waals surface area contributed by atoms with Crippen LogP contribution in [-0.4, -0.2) is 138 Å². The molecule has 4 amide bonds. The van der Waals surface area contributed by atoms with Gasteiger partial charge in [-0.25, -0.2) is 9.18 Å². The van der Waals surface area contributed by atoms with Crippen LogP contribution in [0.5, 0.6) is 17.5 Å². The lowest BCUT2D eigenvalue weighted by Crippen LogP contribution is -2.49. The van der Waals surface area contributed by atoms with Crippen molar-refractivity contribution in [3.8, 4) is 41.1 Å². The van der Waals surface area contributed by atoms with E-state index in [1.807, 2.05) is 15.9 Å². The number of imide groups is 1. The van der Waals surface area contributed by atoms with Crippen LogP contribution < -0.4 is 24.6 Å². The summed E-state index contributed by atoms with van der Waals surface area (Å²) in [5, 5.41) is 25.8. The van der Waals surface area contributed by atoms with Crippen LogP contribution >= 0.6 is 0 Å². The number of methoxy groups -OCH3 is 1. The lowest BCUT2D eigenvalue weighted by atomic mass is 9.93. The Morgan fingerprint density at radius 3 is 2.51 bits per heavy atom. The molecule has 1 atom stereocenters. The molecule has 17 heteroatoms. The monoisotopic (exact) mass is 982 g/mol. The first-order valence-corrected chi connectivity index (χ1v) is 25.4. The van der Waals surface area contributed by atoms with Gasteiger partial charge in [-0.3, -0.25) is 24.8 Å². The van der Waals surface area contributed by atoms with E-state index < -0.39 is 17.4 Å². The van der Waals surface area contributed by atoms with Gasteiger partial charge in [0.2, 0.25) is 5.91 Å². The SMILES string of the molecule is C#Cc1cccc2cc(O)cc(-c3ncc4c(N5CCC[C@@](C)(O)C5)nc(OCC5(CN6CCC(CCOCC7CCN(C(=O)c8ccc(OC)c(N9CCC(=O)NC9=O)c8)CC7)CC6)CC5)nc4c3F)c12. The normalized spacial score (nSPS) is 21.0. The van der Waals surface area contributed by atoms with Gasteiger partial charge in [-0.15, -0.1) is 6.42 Å². The van der Waals surface area contributed by atoms with Crippen molar-refractivity contribution >= 4 is 51.0 Å². The number of nitrogens with one attached hydrogen (secondary N) is 1. The number of nitrogens with zero attached hydrogens (tertiary/aromatic N) is 7. The Labute approximate surface area is 418 Å². The Kier molecular flexibility index (Phi) is 13.9. The van der Waals surface area contributed by atoms with Crippen LogP contribution in [0.1, 0.15) is 87.1 Å². The highest BCUT2D eigenvalue weighted by molar-refractivity contribution is 6.07. The number of carbonyl (C=O) groups excluding carboxylic acids is 3. The maximum atomic E-state index is 17.1. The number of amides is 4. The number of fused-ring (bicyclic) bond motifs is 2. The molecule has 0 spiro atoms. The Morgan fingerprint density at radius 1 is 0.986 bits per heavy atom. The van der Waals surface area contributed by atoms with Crippen molar-refractivity contribution in [2.45, 2.75) is 76.7 Å². The summed E-state index contributed by atoms with van der Waals surface area (Å²) in [6.07, 6.45) is 15.9. The highest BCUT2D eigenvalue weighted by atomic mass is 19.1. The molecule has 1 saturated carbocycles. The van der Waals surface area contributed by atoms with Crippen LogP contribution in [0.15, 0.2) is 54.7 Å². The molecule has 0 unspecified atom stereocenters. The number of benzene rings is 3. The minimum absolute atomic E-state index is 0.00289. The molecule has 5 aromatic rings. The van der Waals surface area contributed by atoms with E-state index in [2.05, 4.69) is 21.1 Å². The van der Waals surface area contributed by atoms with Gasteiger partial charge in [-0.05, 0) is 131 Å². The van der Waals surface area contributed by atoms with Gasteiger partial charge in [0.1, 0.15) is 28.5 Å². The number of hydrogen-bond acceptors (Lipinski definition) is 13. The average molecular weight is 983 g/mol. The molecule has 4 saturated heterocycles. The fraction of sp³-hybridized carbons (Fsp3) is 0.491. The highest BCUT2D eigenvalue weighted by Gasteiger charge is 2.45. The summed E-state index contributed by atoms with van der Waals surface area (Å²) in [6, 6.07) is 13.1. The smallest absolute Gasteiger partial charge is 0.328 e. The summed E-state index contributed by atoms with van der Waals surface area (Å²) in [6.45, 7) is 8.87. The number of aromatic nitrogens is 3. The van der Waals surface area contributed by atoms with E-state index in [-0.39, 0.29) is 53.2 Å². The highest BCUT2D eigenvalue weighted by Crippen LogP contribution is 2.47. The van der Waals surface area contributed by atoms with E-state index in [1.165, 1.54) is 18.1 Å². The molecule has 0 bridgehead atoms. The average Bonchev–Trinajstić information content (AvgIpc) is 4.15. The molecule has 2 aromatic heterocycles. The van der Waals surface area contributed by atoms with Gasteiger partial charge in [0.25, 0.3) is 5.91 Å². The molecule has 378 valence electrons. The first kappa shape index (κ1) is 49.0. The lowest BCUT2D eigenvalue weighted by molar-refractivity contribution is -0.120. The second-order valence-electron chi connectivity index (χ2n) is 20.8. The van der Waals surface area contributed by atoms with Crippen molar-refractivity contribution in [3.05, 3.63) is 71.7 Å². The zero-order chi connectivity index (χ0) is 50.1. The number of β-amino-alcohol motifs (C(OH)–C–C–N with tert-alkyl or cyclic N) is 1. The molecule has 5 fully saturated rings. The van der Waals surface area contributed by atoms with Gasteiger partial charge < -0.3 is 39.1 Å². The Bertz CT molecular complexity index is 2920. The van der Waals surface area contributed by atoms with Crippen LogP contribution in [-0.2, 0) is 9.53 Å². The van der Waals surface area contributed by atoms with Crippen molar-refractivity contribution in [2.24, 2.45) is 17.3 Å². The third-order valence-corrected chi connectivity index (χ3v) is 15.4. The number of aliphatic hydroxyl groups is 1. The summed E-state index contributed by atoms with van der Waals surface area (Å²) >= 11 is 0. The van der Waals surface area contributed by atoms with E-state index in [0.717, 1.165) is 71.0 Å². The quantitative estimate of drug-likeness (QED) is 0.0702. The Hall–Kier alpha value is -6.61. The molecule has 1 aliphatic carbocycles. The van der Waals surface area contributed by atoms with Crippen LogP contribution in [0.3, 0.4) is 0 Å². The molecule has 5 aliphatic rings. The van der Waals surface area contributed by atoms with Gasteiger partial charge in [-0.2, -0.15) is 9.97 Å². The fourth-order valence-electron chi connectivity index (χ4n) is 11.1. The number of halogens is 1. The number of terminal acetylenes is 1. The van der Waals surface area contributed by atoms with Crippen molar-refractivity contribution in [1.29, 1.82) is 0 Å². The number of phenols is 1. The summed E-state index contributed by atoms with van der Waals surface area (Å²) in [5.41, 5.74) is 0.881. The second-order valence-corrected chi connectivity index (χ2v) is 20.8. The van der Waals surface area contributed by atoms with E-state index in [0.29, 0.717) is 114 Å². The number of piperidine rings is 3. The number of phenolic OH excluding ortho intramolecular Hbond substituents is 1. The van der Waals surface area contributed by atoms with E-state index >= 15 is 4.39 Å². The number of carbonyl (C=O) groups is 3. The number of urea groups is 1. The number of aromatic hydroxyl groups is 1. The van der Waals surface area contributed by atoms with Crippen molar-refractivity contribution < 1.29 is 43.2 Å². The minimum atomic E-state index is -0.953. The maximum absolute atomic E-state index is 17.1. The van der Waals surface area contributed by atoms with Gasteiger partial charge >= 0.3 is 12.0 Å². The third-order valence-electron chi connectivity index (χ3n) is 15.4. The van der Waals surface area contributed by atoms with Crippen LogP contribution in [0.4, 0.5) is 20.7 Å². The number of ether oxygens (including phenoxy) is 3. The van der Waals surface area contributed by atoms with Gasteiger partial charge in [0, 0.05) is 92.6 Å². The first-order chi connectivity index (χ1) is 34.8. The molecule has 3 aromatic carbocycles. The Balaban J connectivity index is 0.715. The number of anilines is 2. The molecule has 6 heterocycles. The summed E-state index contributed by atoms with van der Waals surface area (Å²) in [4.78, 5) is 59.8. The van der Waals surface area contributed by atoms with Crippen LogP contribution in [0.25, 0.3) is 32.9 Å². The fourth-order valence-corrected chi connectivity index (χ4v) is 11.1. The number of pyridine rings is 1. The largest absolute Gasteiger partial charge is 0.508 e. The number of rotatable bonds is 15. The molecule has 10 rings (SSSR count). The minimum Gasteiger partial charge on any atom is -0.508 e. The van der Waals surface area contributed by atoms with Crippen LogP contribution in [0, 0.1) is 35.4 Å². The number of hydrogen-bond donors (Lipinski definition) is 3. The van der Waals surface area contributed by atoms with Gasteiger partial charge in [0.05, 0.1) is 30.4 Å². The molecule has 0 radical (unpaired) electrons. The predicted molar refractivity (Wildman–Crippen MR) is 271 cm³/mol. The van der Waals surface area contributed by atoms with Crippen molar-refractivity contribution in [3.63, 3.8) is 0 Å². The first-order valence-electron chi connectivity index (χ1n) is 25.4. The second kappa shape index (κ2) is 20.5. The van der Waals surface area contributed by atoms with Gasteiger partial charge in [0.15, 0.2) is 5.82 Å². The summed E-state index contributed by atoms with van der Waals surface area (Å²) in [5.74, 6) is 3.43. The third kappa shape index (κ3) is 10.5. The van der Waals surface area contributed by atoms with Crippen LogP contribution in [0.2, 0.25) is 0 Å². The predicted octanol–water partition coefficient (Wildman–Crippen LogP) is 7.31. The van der Waals surface area contributed by atoms with E-state index in [1.54, 1.807) is 49.5 Å². The Morgan fingerprint density at radius 2 is 1.78 bits per heavy atom. The molecule has 3 N–H and O–H groups in total. The molecular weight excluding hydrogens is 920 g/mol. The van der Waals surface area contributed by atoms with E-state index in [9.17, 15) is 24.6 Å². The van der Waals surface area contributed by atoms with Crippen molar-refractivity contribution in [1.82, 2.24) is 30.1 Å². The molecule has 16 nitrogen and oxygen atoms in total. The standard InChI is InChI=1S/C55H63FN8O8/c1-4-37-7-5-8-38-27-40(65)29-41(46(37)38)48-47(56)49-42(30-57-48)50(63-20-6-17-54(2,69)32-63)60-52(59-49)72-34-55(18-19-55)33-61-21-11-35(12-22-61)16-26-71-31-36-13-23-62(24-14-36)51(67)39-9-10-44(70-3)43(28-39)64-25-15-45(66)58-53(64)68/h1,5,7-10,27-30,35-36,65,69H,6,11-26,31-34H2,2-3H3,(H,58,66,68)/t54-/m1/s1. The number of likely N-dealkylation sites (tertiary alicyclic amines) is 2. The van der Waals surface area contributed by atoms with E-state index in [4.69, 9.17) is 30.6 Å². The molecule has 4 aliphatic heterocycles. The summed E-state index contributed by atoms with van der Waals surface area (Å²) in [7, 11) is 1.51. The lowest BCUT2D eigenvalue weighted by Gasteiger charge is -2.38. The topological polar surface area (TPSA) is 183 Å².